The van der Waals surface area contributed by atoms with Crippen LogP contribution in [0.1, 0.15) is 32.8 Å². The smallest absolute Gasteiger partial charge is 0.156 e. The van der Waals surface area contributed by atoms with Gasteiger partial charge in [-0.05, 0) is 26.3 Å². The van der Waals surface area contributed by atoms with Crippen LogP contribution in [0.3, 0.4) is 0 Å². The van der Waals surface area contributed by atoms with Crippen molar-refractivity contribution in [2.24, 2.45) is 0 Å². The van der Waals surface area contributed by atoms with Crippen molar-refractivity contribution in [1.29, 1.82) is 0 Å². The number of hydrogen-bond donors (Lipinski definition) is 0. The molecule has 15 heavy (non-hydrogen) atoms. The first-order chi connectivity index (χ1) is 7.10. The Hall–Kier alpha value is -0.860. The fourth-order valence-electron chi connectivity index (χ4n) is 2.34. The van der Waals surface area contributed by atoms with Gasteiger partial charge in [-0.15, -0.1) is 0 Å². The second-order valence-electron chi connectivity index (χ2n) is 4.43. The molecule has 0 spiro atoms. The van der Waals surface area contributed by atoms with Gasteiger partial charge in [0.05, 0.1) is 11.7 Å². The predicted molar refractivity (Wildman–Crippen MR) is 59.5 cm³/mol. The summed E-state index contributed by atoms with van der Waals surface area (Å²) in [6.45, 7) is 6.19. The summed E-state index contributed by atoms with van der Waals surface area (Å²) in [6, 6.07) is 10.4. The molecule has 0 aliphatic carbocycles. The third-order valence-corrected chi connectivity index (χ3v) is 2.91. The van der Waals surface area contributed by atoms with E-state index < -0.39 is 0 Å². The summed E-state index contributed by atoms with van der Waals surface area (Å²) in [5.74, 6) is 0. The minimum Gasteiger partial charge on any atom is -0.350 e. The van der Waals surface area contributed by atoms with Gasteiger partial charge in [0.2, 0.25) is 0 Å². The van der Waals surface area contributed by atoms with Crippen LogP contribution in [0.2, 0.25) is 0 Å². The van der Waals surface area contributed by atoms with Gasteiger partial charge in [0, 0.05) is 6.42 Å². The van der Waals surface area contributed by atoms with E-state index in [2.05, 4.69) is 38.1 Å². The summed E-state index contributed by atoms with van der Waals surface area (Å²) in [4.78, 5) is 0. The van der Waals surface area contributed by atoms with Crippen LogP contribution in [0.15, 0.2) is 30.3 Å². The van der Waals surface area contributed by atoms with Gasteiger partial charge >= 0.3 is 0 Å². The van der Waals surface area contributed by atoms with Crippen molar-refractivity contribution in [3.05, 3.63) is 35.9 Å². The molecule has 2 heteroatoms. The third kappa shape index (κ3) is 2.21. The fourth-order valence-corrected chi connectivity index (χ4v) is 2.34. The van der Waals surface area contributed by atoms with Gasteiger partial charge in [0.15, 0.2) is 6.29 Å². The third-order valence-electron chi connectivity index (χ3n) is 2.91. The molecule has 2 nitrogen and oxygen atoms in total. The number of ether oxygens (including phenoxy) is 2. The van der Waals surface area contributed by atoms with Crippen LogP contribution < -0.4 is 0 Å². The predicted octanol–water partition coefficient (Wildman–Crippen LogP) is 3.07. The van der Waals surface area contributed by atoms with Gasteiger partial charge in [0.1, 0.15) is 0 Å². The fraction of sp³-hybridized carbons (Fsp3) is 0.538. The lowest BCUT2D eigenvalue weighted by Crippen LogP contribution is -2.41. The van der Waals surface area contributed by atoms with Crippen molar-refractivity contribution in [2.75, 3.05) is 0 Å². The molecule has 0 bridgehead atoms. The molecule has 0 saturated carbocycles. The average molecular weight is 206 g/mol. The summed E-state index contributed by atoms with van der Waals surface area (Å²) in [5, 5.41) is 0. The maximum atomic E-state index is 5.91. The SMILES string of the molecule is C[C@@H]1O[C@H](C)C[C@@](C)(c2ccccc2)O1. The van der Waals surface area contributed by atoms with Crippen LogP contribution in [0.4, 0.5) is 0 Å². The van der Waals surface area contributed by atoms with Crippen LogP contribution in [-0.2, 0) is 15.1 Å². The largest absolute Gasteiger partial charge is 0.350 e. The highest BCUT2D eigenvalue weighted by atomic mass is 16.7. The van der Waals surface area contributed by atoms with Crippen molar-refractivity contribution in [2.45, 2.75) is 45.2 Å². The van der Waals surface area contributed by atoms with E-state index in [4.69, 9.17) is 9.47 Å². The Labute approximate surface area is 91.2 Å². The summed E-state index contributed by atoms with van der Waals surface area (Å²) in [7, 11) is 0. The molecular weight excluding hydrogens is 188 g/mol. The highest BCUT2D eigenvalue weighted by Gasteiger charge is 2.36. The molecule has 0 aromatic heterocycles. The molecule has 1 aliphatic heterocycles. The van der Waals surface area contributed by atoms with Gasteiger partial charge < -0.3 is 9.47 Å². The Morgan fingerprint density at radius 2 is 1.87 bits per heavy atom. The minimum atomic E-state index is -0.210. The molecule has 1 fully saturated rings. The molecule has 0 N–H and O–H groups in total. The molecule has 1 aromatic rings. The second-order valence-corrected chi connectivity index (χ2v) is 4.43. The second kappa shape index (κ2) is 3.95. The molecular formula is C13H18O2. The normalized spacial score (nSPS) is 36.5. The van der Waals surface area contributed by atoms with E-state index in [9.17, 15) is 0 Å². The van der Waals surface area contributed by atoms with Crippen molar-refractivity contribution in [3.8, 4) is 0 Å². The molecule has 1 aromatic carbocycles. The molecule has 82 valence electrons. The highest BCUT2D eigenvalue weighted by Crippen LogP contribution is 2.36. The average Bonchev–Trinajstić information content (AvgIpc) is 2.17. The lowest BCUT2D eigenvalue weighted by Gasteiger charge is -2.41. The Morgan fingerprint density at radius 1 is 1.20 bits per heavy atom. The Balaban J connectivity index is 2.26. The zero-order chi connectivity index (χ0) is 10.9. The first kappa shape index (κ1) is 10.7. The van der Waals surface area contributed by atoms with Crippen LogP contribution >= 0.6 is 0 Å². The maximum absolute atomic E-state index is 5.91. The van der Waals surface area contributed by atoms with Gasteiger partial charge in [-0.3, -0.25) is 0 Å². The molecule has 1 heterocycles. The first-order valence-electron chi connectivity index (χ1n) is 5.49. The van der Waals surface area contributed by atoms with Gasteiger partial charge in [-0.1, -0.05) is 30.3 Å². The Kier molecular flexibility index (Phi) is 2.81. The van der Waals surface area contributed by atoms with Gasteiger partial charge in [0.25, 0.3) is 0 Å². The van der Waals surface area contributed by atoms with Crippen molar-refractivity contribution in [1.82, 2.24) is 0 Å². The van der Waals surface area contributed by atoms with Crippen LogP contribution in [-0.4, -0.2) is 12.4 Å². The number of rotatable bonds is 1. The molecule has 1 aliphatic rings. The van der Waals surface area contributed by atoms with E-state index in [0.29, 0.717) is 0 Å². The summed E-state index contributed by atoms with van der Waals surface area (Å²) in [5.41, 5.74) is 1.02. The molecule has 0 unspecified atom stereocenters. The van der Waals surface area contributed by atoms with Crippen LogP contribution in [0, 0.1) is 0 Å². The minimum absolute atomic E-state index is 0.126. The van der Waals surface area contributed by atoms with E-state index in [1.54, 1.807) is 0 Å². The van der Waals surface area contributed by atoms with E-state index in [0.717, 1.165) is 6.42 Å². The van der Waals surface area contributed by atoms with Crippen molar-refractivity contribution < 1.29 is 9.47 Å². The van der Waals surface area contributed by atoms with Crippen molar-refractivity contribution in [3.63, 3.8) is 0 Å². The van der Waals surface area contributed by atoms with E-state index >= 15 is 0 Å². The quantitative estimate of drug-likeness (QED) is 0.703. The zero-order valence-electron chi connectivity index (χ0n) is 9.57. The topological polar surface area (TPSA) is 18.5 Å². The van der Waals surface area contributed by atoms with Crippen LogP contribution in [0.5, 0.6) is 0 Å². The Morgan fingerprint density at radius 3 is 2.47 bits per heavy atom. The highest BCUT2D eigenvalue weighted by molar-refractivity contribution is 5.22. The van der Waals surface area contributed by atoms with E-state index in [-0.39, 0.29) is 18.0 Å². The number of hydrogen-bond acceptors (Lipinski definition) is 2. The number of benzene rings is 1. The maximum Gasteiger partial charge on any atom is 0.156 e. The summed E-state index contributed by atoms with van der Waals surface area (Å²) >= 11 is 0. The summed E-state index contributed by atoms with van der Waals surface area (Å²) in [6.07, 6.45) is 1.03. The lowest BCUT2D eigenvalue weighted by atomic mass is 9.89. The van der Waals surface area contributed by atoms with Gasteiger partial charge in [-0.25, -0.2) is 0 Å². The van der Waals surface area contributed by atoms with E-state index in [1.165, 1.54) is 5.56 Å². The van der Waals surface area contributed by atoms with E-state index in [1.807, 2.05) is 13.0 Å². The molecule has 2 rings (SSSR count). The molecule has 3 atom stereocenters. The standard InChI is InChI=1S/C13H18O2/c1-10-9-13(3,15-11(2)14-10)12-7-5-4-6-8-12/h4-8,10-11H,9H2,1-3H3/t10-,11-,13+/m1/s1. The molecule has 0 radical (unpaired) electrons. The first-order valence-corrected chi connectivity index (χ1v) is 5.49. The molecule has 1 saturated heterocycles. The monoisotopic (exact) mass is 206 g/mol. The van der Waals surface area contributed by atoms with Crippen molar-refractivity contribution >= 4 is 0 Å². The lowest BCUT2D eigenvalue weighted by molar-refractivity contribution is -0.270. The van der Waals surface area contributed by atoms with Gasteiger partial charge in [-0.2, -0.15) is 0 Å². The Bertz CT molecular complexity index is 311. The van der Waals surface area contributed by atoms with Crippen LogP contribution in [0.25, 0.3) is 0 Å². The zero-order valence-corrected chi connectivity index (χ0v) is 9.57. The molecule has 0 amide bonds. The summed E-state index contributed by atoms with van der Waals surface area (Å²) < 4.78 is 11.5.